The topological polar surface area (TPSA) is 20.2 Å². The van der Waals surface area contributed by atoms with Crippen molar-refractivity contribution in [1.82, 2.24) is 0 Å². The van der Waals surface area contributed by atoms with Crippen molar-refractivity contribution in [3.05, 3.63) is 41.5 Å². The second-order valence-electron chi connectivity index (χ2n) is 3.50. The zero-order valence-electron chi connectivity index (χ0n) is 7.77. The van der Waals surface area contributed by atoms with Crippen molar-refractivity contribution in [3.8, 4) is 0 Å². The highest BCUT2D eigenvalue weighted by Crippen LogP contribution is 2.33. The van der Waals surface area contributed by atoms with Crippen LogP contribution in [-0.4, -0.2) is 5.11 Å². The third-order valence-electron chi connectivity index (χ3n) is 2.71. The van der Waals surface area contributed by atoms with E-state index in [0.29, 0.717) is 0 Å². The van der Waals surface area contributed by atoms with Gasteiger partial charge in [0.2, 0.25) is 0 Å². The van der Waals surface area contributed by atoms with Gasteiger partial charge in [0.1, 0.15) is 0 Å². The fourth-order valence-electron chi connectivity index (χ4n) is 1.85. The van der Waals surface area contributed by atoms with Gasteiger partial charge >= 0.3 is 0 Å². The molecule has 0 spiro atoms. The number of aliphatic hydroxyl groups excluding tert-OH is 1. The molecule has 68 valence electrons. The van der Waals surface area contributed by atoms with E-state index < -0.39 is 0 Å². The molecule has 0 fully saturated rings. The number of fused-ring (bicyclic) bond motifs is 1. The lowest BCUT2D eigenvalue weighted by Crippen LogP contribution is -2.13. The van der Waals surface area contributed by atoms with Gasteiger partial charge in [-0.25, -0.2) is 0 Å². The van der Waals surface area contributed by atoms with Crippen LogP contribution in [0.25, 0.3) is 6.08 Å². The third-order valence-corrected chi connectivity index (χ3v) is 2.71. The molecule has 0 saturated carbocycles. The van der Waals surface area contributed by atoms with Crippen LogP contribution in [0.5, 0.6) is 0 Å². The van der Waals surface area contributed by atoms with Gasteiger partial charge in [0.25, 0.3) is 0 Å². The van der Waals surface area contributed by atoms with Crippen LogP contribution in [0.15, 0.2) is 30.3 Å². The molecule has 0 saturated heterocycles. The molecule has 0 bridgehead atoms. The highest BCUT2D eigenvalue weighted by molar-refractivity contribution is 5.57. The lowest BCUT2D eigenvalue weighted by atomic mass is 9.85. The number of aliphatic hydroxyl groups is 1. The Morgan fingerprint density at radius 1 is 1.31 bits per heavy atom. The summed E-state index contributed by atoms with van der Waals surface area (Å²) in [6.07, 6.45) is 4.89. The number of rotatable bonds is 1. The Morgan fingerprint density at radius 3 is 2.85 bits per heavy atom. The summed E-state index contributed by atoms with van der Waals surface area (Å²) >= 11 is 0. The van der Waals surface area contributed by atoms with Crippen molar-refractivity contribution in [2.75, 3.05) is 0 Å². The van der Waals surface area contributed by atoms with E-state index in [0.717, 1.165) is 17.5 Å². The second kappa shape index (κ2) is 3.35. The third kappa shape index (κ3) is 1.40. The van der Waals surface area contributed by atoms with Crippen LogP contribution in [-0.2, 0) is 0 Å². The Morgan fingerprint density at radius 2 is 2.08 bits per heavy atom. The Hall–Kier alpha value is -1.08. The first-order chi connectivity index (χ1) is 6.33. The monoisotopic (exact) mass is 174 g/mol. The van der Waals surface area contributed by atoms with Crippen LogP contribution in [0.2, 0.25) is 0 Å². The van der Waals surface area contributed by atoms with Crippen molar-refractivity contribution >= 4 is 6.08 Å². The van der Waals surface area contributed by atoms with Crippen LogP contribution in [0.1, 0.15) is 30.6 Å². The maximum Gasteiger partial charge on any atom is 0.0858 e. The van der Waals surface area contributed by atoms with Gasteiger partial charge in [-0.15, -0.1) is 0 Å². The predicted molar refractivity (Wildman–Crippen MR) is 54.2 cm³/mol. The molecule has 0 radical (unpaired) electrons. The predicted octanol–water partition coefficient (Wildman–Crippen LogP) is 2.77. The van der Waals surface area contributed by atoms with Crippen LogP contribution in [0, 0.1) is 5.92 Å². The molecule has 1 aromatic carbocycles. The minimum Gasteiger partial charge on any atom is -0.388 e. The molecule has 1 aliphatic rings. The number of hydrogen-bond acceptors (Lipinski definition) is 1. The van der Waals surface area contributed by atoms with Crippen LogP contribution in [0.4, 0.5) is 0 Å². The zero-order valence-corrected chi connectivity index (χ0v) is 7.77. The van der Waals surface area contributed by atoms with E-state index in [-0.39, 0.29) is 12.0 Å². The molecule has 2 atom stereocenters. The van der Waals surface area contributed by atoms with E-state index in [1.165, 1.54) is 0 Å². The molecule has 0 amide bonds. The van der Waals surface area contributed by atoms with E-state index in [4.69, 9.17) is 0 Å². The van der Waals surface area contributed by atoms with Gasteiger partial charge in [-0.1, -0.05) is 43.3 Å². The van der Waals surface area contributed by atoms with Gasteiger partial charge in [0.15, 0.2) is 0 Å². The summed E-state index contributed by atoms with van der Waals surface area (Å²) in [6, 6.07) is 8.03. The van der Waals surface area contributed by atoms with Gasteiger partial charge in [-0.3, -0.25) is 0 Å². The molecule has 1 N–H and O–H groups in total. The van der Waals surface area contributed by atoms with Gasteiger partial charge in [-0.2, -0.15) is 0 Å². The lowest BCUT2D eigenvalue weighted by molar-refractivity contribution is 0.128. The maximum atomic E-state index is 9.97. The summed E-state index contributed by atoms with van der Waals surface area (Å²) in [5, 5.41) is 9.97. The fraction of sp³-hybridized carbons (Fsp3) is 0.333. The summed E-state index contributed by atoms with van der Waals surface area (Å²) in [5.41, 5.74) is 2.22. The summed E-state index contributed by atoms with van der Waals surface area (Å²) in [4.78, 5) is 0. The van der Waals surface area contributed by atoms with Crippen molar-refractivity contribution < 1.29 is 5.11 Å². The second-order valence-corrected chi connectivity index (χ2v) is 3.50. The van der Waals surface area contributed by atoms with Crippen LogP contribution >= 0.6 is 0 Å². The Kier molecular flexibility index (Phi) is 2.19. The van der Waals surface area contributed by atoms with Crippen LogP contribution < -0.4 is 0 Å². The average Bonchev–Trinajstić information content (AvgIpc) is 2.19. The largest absolute Gasteiger partial charge is 0.388 e. The quantitative estimate of drug-likeness (QED) is 0.694. The van der Waals surface area contributed by atoms with Gasteiger partial charge in [0.05, 0.1) is 6.10 Å². The minimum absolute atomic E-state index is 0.287. The summed E-state index contributed by atoms with van der Waals surface area (Å²) in [7, 11) is 0. The van der Waals surface area contributed by atoms with E-state index >= 15 is 0 Å². The molecule has 1 aromatic rings. The molecular formula is C12H14O. The van der Waals surface area contributed by atoms with E-state index in [9.17, 15) is 5.11 Å². The minimum atomic E-state index is -0.314. The molecule has 0 aromatic heterocycles. The molecule has 0 heterocycles. The Labute approximate surface area is 78.7 Å². The van der Waals surface area contributed by atoms with E-state index in [2.05, 4.69) is 19.1 Å². The SMILES string of the molecule is CC[C@@H]1C=Cc2ccccc2[C@H]1O. The van der Waals surface area contributed by atoms with E-state index in [1.54, 1.807) is 0 Å². The number of benzene rings is 1. The first-order valence-corrected chi connectivity index (χ1v) is 4.78. The molecule has 1 nitrogen and oxygen atoms in total. The van der Waals surface area contributed by atoms with Gasteiger partial charge in [0, 0.05) is 5.92 Å². The standard InChI is InChI=1S/C12H14O/c1-2-9-7-8-10-5-3-4-6-11(10)12(9)13/h3-9,12-13H,2H2,1H3/t9-,12+/m1/s1. The Balaban J connectivity index is 2.42. The van der Waals surface area contributed by atoms with Gasteiger partial charge in [-0.05, 0) is 17.5 Å². The Bertz CT molecular complexity index is 328. The van der Waals surface area contributed by atoms with Crippen molar-refractivity contribution in [3.63, 3.8) is 0 Å². The van der Waals surface area contributed by atoms with E-state index in [1.807, 2.05) is 24.3 Å². The molecule has 1 aliphatic carbocycles. The van der Waals surface area contributed by atoms with Gasteiger partial charge < -0.3 is 5.11 Å². The average molecular weight is 174 g/mol. The molecule has 2 rings (SSSR count). The first-order valence-electron chi connectivity index (χ1n) is 4.78. The lowest BCUT2D eigenvalue weighted by Gasteiger charge is -2.24. The maximum absolute atomic E-state index is 9.97. The number of hydrogen-bond donors (Lipinski definition) is 1. The smallest absolute Gasteiger partial charge is 0.0858 e. The summed E-state index contributed by atoms with van der Waals surface area (Å²) in [5.74, 6) is 0.287. The van der Waals surface area contributed by atoms with Crippen molar-refractivity contribution in [2.24, 2.45) is 5.92 Å². The molecule has 13 heavy (non-hydrogen) atoms. The molecule has 0 aliphatic heterocycles. The summed E-state index contributed by atoms with van der Waals surface area (Å²) in [6.45, 7) is 2.10. The van der Waals surface area contributed by atoms with Crippen LogP contribution in [0.3, 0.4) is 0 Å². The summed E-state index contributed by atoms with van der Waals surface area (Å²) < 4.78 is 0. The highest BCUT2D eigenvalue weighted by Gasteiger charge is 2.21. The molecular weight excluding hydrogens is 160 g/mol. The normalized spacial score (nSPS) is 25.7. The highest BCUT2D eigenvalue weighted by atomic mass is 16.3. The van der Waals surface area contributed by atoms with Crippen molar-refractivity contribution in [1.29, 1.82) is 0 Å². The molecule has 0 unspecified atom stereocenters. The molecule has 1 heteroatoms. The fourth-order valence-corrected chi connectivity index (χ4v) is 1.85. The first kappa shape index (κ1) is 8.52. The van der Waals surface area contributed by atoms with Crippen molar-refractivity contribution in [2.45, 2.75) is 19.4 Å². The zero-order chi connectivity index (χ0) is 9.26.